The Kier molecular flexibility index (Phi) is 4.91. The van der Waals surface area contributed by atoms with Crippen LogP contribution in [0.4, 0.5) is 0 Å². The van der Waals surface area contributed by atoms with E-state index in [4.69, 9.17) is 0 Å². The highest BCUT2D eigenvalue weighted by Gasteiger charge is 2.37. The lowest BCUT2D eigenvalue weighted by molar-refractivity contribution is -0.139. The van der Waals surface area contributed by atoms with E-state index >= 15 is 0 Å². The fourth-order valence-corrected chi connectivity index (χ4v) is 5.34. The Bertz CT molecular complexity index is 733. The van der Waals surface area contributed by atoms with Gasteiger partial charge in [-0.25, -0.2) is 0 Å². The molecule has 3 aliphatic heterocycles. The molecule has 4 aliphatic rings. The van der Waals surface area contributed by atoms with Crippen molar-refractivity contribution < 1.29 is 9.59 Å². The molecule has 152 valence electrons. The van der Waals surface area contributed by atoms with Gasteiger partial charge in [0, 0.05) is 56.6 Å². The molecule has 28 heavy (non-hydrogen) atoms. The van der Waals surface area contributed by atoms with E-state index in [1.54, 1.807) is 0 Å². The number of aromatic nitrogens is 1. The average Bonchev–Trinajstić information content (AvgIpc) is 3.50. The van der Waals surface area contributed by atoms with Gasteiger partial charge in [-0.1, -0.05) is 0 Å². The SMILES string of the molecule is O=C(C1CC1)N1CCC(N2CCCC(C(=O)N3CCn4cccc4C3)C2)CC1. The zero-order valence-electron chi connectivity index (χ0n) is 16.8. The van der Waals surface area contributed by atoms with Gasteiger partial charge < -0.3 is 14.4 Å². The van der Waals surface area contributed by atoms with E-state index in [0.717, 1.165) is 84.3 Å². The average molecular weight is 385 g/mol. The van der Waals surface area contributed by atoms with E-state index in [-0.39, 0.29) is 5.92 Å². The topological polar surface area (TPSA) is 48.8 Å². The van der Waals surface area contributed by atoms with Gasteiger partial charge in [-0.05, 0) is 57.2 Å². The Morgan fingerprint density at radius 1 is 0.821 bits per heavy atom. The molecule has 6 nitrogen and oxygen atoms in total. The second-order valence-electron chi connectivity index (χ2n) is 9.12. The number of carbonyl (C=O) groups excluding carboxylic acids is 2. The van der Waals surface area contributed by atoms with Gasteiger partial charge >= 0.3 is 0 Å². The van der Waals surface area contributed by atoms with Crippen LogP contribution < -0.4 is 0 Å². The Labute approximate surface area is 167 Å². The monoisotopic (exact) mass is 384 g/mol. The first-order chi connectivity index (χ1) is 13.7. The van der Waals surface area contributed by atoms with Crippen LogP contribution in [0, 0.1) is 11.8 Å². The number of hydrogen-bond donors (Lipinski definition) is 0. The quantitative estimate of drug-likeness (QED) is 0.800. The van der Waals surface area contributed by atoms with Gasteiger partial charge in [-0.15, -0.1) is 0 Å². The fourth-order valence-electron chi connectivity index (χ4n) is 5.34. The first-order valence-corrected chi connectivity index (χ1v) is 11.1. The third kappa shape index (κ3) is 3.59. The van der Waals surface area contributed by atoms with Crippen LogP contribution in [0.15, 0.2) is 18.3 Å². The van der Waals surface area contributed by atoms with Crippen molar-refractivity contribution in [2.75, 3.05) is 32.7 Å². The molecular weight excluding hydrogens is 352 g/mol. The maximum atomic E-state index is 13.2. The summed E-state index contributed by atoms with van der Waals surface area (Å²) in [4.78, 5) is 32.2. The normalized spacial score (nSPS) is 26.9. The first-order valence-electron chi connectivity index (χ1n) is 11.1. The van der Waals surface area contributed by atoms with Gasteiger partial charge in [0.1, 0.15) is 0 Å². The Morgan fingerprint density at radius 3 is 2.39 bits per heavy atom. The smallest absolute Gasteiger partial charge is 0.227 e. The second-order valence-corrected chi connectivity index (χ2v) is 9.12. The molecule has 0 spiro atoms. The molecular formula is C22H32N4O2. The lowest BCUT2D eigenvalue weighted by Crippen LogP contribution is -2.52. The summed E-state index contributed by atoms with van der Waals surface area (Å²) in [5, 5.41) is 0. The molecule has 1 aliphatic carbocycles. The third-order valence-corrected chi connectivity index (χ3v) is 7.22. The zero-order chi connectivity index (χ0) is 19.1. The van der Waals surface area contributed by atoms with Crippen molar-refractivity contribution in [3.63, 3.8) is 0 Å². The predicted molar refractivity (Wildman–Crippen MR) is 106 cm³/mol. The molecule has 2 amide bonds. The summed E-state index contributed by atoms with van der Waals surface area (Å²) in [5.74, 6) is 1.21. The van der Waals surface area contributed by atoms with Crippen molar-refractivity contribution in [3.8, 4) is 0 Å². The van der Waals surface area contributed by atoms with Gasteiger partial charge in [-0.2, -0.15) is 0 Å². The molecule has 1 aromatic heterocycles. The molecule has 0 bridgehead atoms. The van der Waals surface area contributed by atoms with E-state index < -0.39 is 0 Å². The van der Waals surface area contributed by atoms with Crippen LogP contribution in [-0.2, 0) is 22.7 Å². The number of rotatable bonds is 3. The molecule has 4 heterocycles. The van der Waals surface area contributed by atoms with Crippen LogP contribution in [0.5, 0.6) is 0 Å². The molecule has 0 N–H and O–H groups in total. The highest BCUT2D eigenvalue weighted by Crippen LogP contribution is 2.33. The van der Waals surface area contributed by atoms with Crippen LogP contribution in [0.3, 0.4) is 0 Å². The number of fused-ring (bicyclic) bond motifs is 1. The van der Waals surface area contributed by atoms with Gasteiger partial charge in [0.2, 0.25) is 11.8 Å². The summed E-state index contributed by atoms with van der Waals surface area (Å²) in [6.45, 7) is 6.31. The lowest BCUT2D eigenvalue weighted by atomic mass is 9.92. The maximum absolute atomic E-state index is 13.2. The predicted octanol–water partition coefficient (Wildman–Crippen LogP) is 1.94. The van der Waals surface area contributed by atoms with Gasteiger partial charge in [0.25, 0.3) is 0 Å². The number of piperidine rings is 2. The molecule has 0 radical (unpaired) electrons. The second kappa shape index (κ2) is 7.54. The zero-order valence-corrected chi connectivity index (χ0v) is 16.8. The van der Waals surface area contributed by atoms with Crippen molar-refractivity contribution in [3.05, 3.63) is 24.0 Å². The lowest BCUT2D eigenvalue weighted by Gasteiger charge is -2.43. The Morgan fingerprint density at radius 2 is 1.61 bits per heavy atom. The van der Waals surface area contributed by atoms with E-state index in [2.05, 4.69) is 37.6 Å². The first kappa shape index (κ1) is 18.2. The Hall–Kier alpha value is -1.82. The molecule has 1 atom stereocenters. The summed E-state index contributed by atoms with van der Waals surface area (Å²) in [6, 6.07) is 4.74. The fraction of sp³-hybridized carbons (Fsp3) is 0.727. The Balaban J connectivity index is 1.15. The number of amides is 2. The van der Waals surface area contributed by atoms with Crippen LogP contribution in [-0.4, -0.2) is 69.8 Å². The van der Waals surface area contributed by atoms with E-state index in [1.165, 1.54) is 5.69 Å². The number of carbonyl (C=O) groups is 2. The summed E-state index contributed by atoms with van der Waals surface area (Å²) < 4.78 is 2.26. The number of nitrogens with zero attached hydrogens (tertiary/aromatic N) is 4. The molecule has 1 unspecified atom stereocenters. The van der Waals surface area contributed by atoms with Crippen LogP contribution >= 0.6 is 0 Å². The van der Waals surface area contributed by atoms with Crippen molar-refractivity contribution in [1.82, 2.24) is 19.3 Å². The minimum absolute atomic E-state index is 0.140. The van der Waals surface area contributed by atoms with Crippen molar-refractivity contribution in [2.24, 2.45) is 11.8 Å². The minimum atomic E-state index is 0.140. The van der Waals surface area contributed by atoms with E-state index in [1.807, 2.05) is 0 Å². The largest absolute Gasteiger partial charge is 0.348 e. The summed E-state index contributed by atoms with van der Waals surface area (Å²) in [5.41, 5.74) is 1.25. The number of likely N-dealkylation sites (tertiary alicyclic amines) is 2. The van der Waals surface area contributed by atoms with Gasteiger partial charge in [-0.3, -0.25) is 14.5 Å². The van der Waals surface area contributed by atoms with Gasteiger partial charge in [0.15, 0.2) is 0 Å². The van der Waals surface area contributed by atoms with Crippen molar-refractivity contribution >= 4 is 11.8 Å². The standard InChI is InChI=1S/C22H32N4O2/c27-21(17-5-6-17)24-11-7-19(8-12-24)25-10-1-3-18(15-25)22(28)26-14-13-23-9-2-4-20(23)16-26/h2,4,9,17-19H,1,3,5-8,10-16H2. The summed E-state index contributed by atoms with van der Waals surface area (Å²) >= 11 is 0. The van der Waals surface area contributed by atoms with Crippen LogP contribution in [0.1, 0.15) is 44.2 Å². The summed E-state index contributed by atoms with van der Waals surface area (Å²) in [7, 11) is 0. The molecule has 2 saturated heterocycles. The summed E-state index contributed by atoms with van der Waals surface area (Å²) in [6.07, 6.45) is 8.56. The van der Waals surface area contributed by atoms with E-state index in [9.17, 15) is 9.59 Å². The van der Waals surface area contributed by atoms with Crippen LogP contribution in [0.2, 0.25) is 0 Å². The van der Waals surface area contributed by atoms with E-state index in [0.29, 0.717) is 23.8 Å². The molecule has 0 aromatic carbocycles. The van der Waals surface area contributed by atoms with Crippen LogP contribution in [0.25, 0.3) is 0 Å². The highest BCUT2D eigenvalue weighted by atomic mass is 16.2. The third-order valence-electron chi connectivity index (χ3n) is 7.22. The highest BCUT2D eigenvalue weighted by molar-refractivity contribution is 5.81. The molecule has 1 aromatic rings. The van der Waals surface area contributed by atoms with Crippen molar-refractivity contribution in [2.45, 2.75) is 57.7 Å². The molecule has 6 heteroatoms. The minimum Gasteiger partial charge on any atom is -0.348 e. The number of hydrogen-bond acceptors (Lipinski definition) is 3. The molecule has 5 rings (SSSR count). The molecule has 1 saturated carbocycles. The van der Waals surface area contributed by atoms with Gasteiger partial charge in [0.05, 0.1) is 12.5 Å². The van der Waals surface area contributed by atoms with Crippen molar-refractivity contribution in [1.29, 1.82) is 0 Å². The maximum Gasteiger partial charge on any atom is 0.227 e. The molecule has 3 fully saturated rings.